The molecule has 372 valence electrons. The van der Waals surface area contributed by atoms with E-state index in [0.717, 1.165) is 0 Å². The minimum Gasteiger partial charge on any atom is -0.408 e. The Hall–Kier alpha value is -4.39. The summed E-state index contributed by atoms with van der Waals surface area (Å²) in [5.41, 5.74) is -1.13. The Kier molecular flexibility index (Phi) is 14.0. The van der Waals surface area contributed by atoms with Crippen molar-refractivity contribution in [2.45, 2.75) is 133 Å². The summed E-state index contributed by atoms with van der Waals surface area (Å²) < 4.78 is 85.5. The number of hydrogen-bond donors (Lipinski definition) is 3. The number of aromatic nitrogens is 8. The number of carbonyl (C=O) groups excluding carboxylic acids is 1. The molecule has 3 fully saturated rings. The molecule has 27 heteroatoms. The van der Waals surface area contributed by atoms with Crippen molar-refractivity contribution in [1.82, 2.24) is 39.0 Å². The van der Waals surface area contributed by atoms with Gasteiger partial charge in [-0.3, -0.25) is 36.9 Å². The number of H-pyrrole nitrogens is 1. The third-order valence-corrected chi connectivity index (χ3v) is 25.8. The number of fused-ring (bicyclic) bond motifs is 4. The fraction of sp³-hybridized carbons (Fsp3) is 0.571. The van der Waals surface area contributed by atoms with Gasteiger partial charge in [-0.25, -0.2) is 29.5 Å². The van der Waals surface area contributed by atoms with Crippen LogP contribution in [0.5, 0.6) is 0 Å². The van der Waals surface area contributed by atoms with E-state index < -0.39 is 110 Å². The van der Waals surface area contributed by atoms with Crippen molar-refractivity contribution < 1.29 is 55.2 Å². The highest BCUT2D eigenvalue weighted by atomic mass is 31.2. The topological polar surface area (TPSA) is 288 Å². The van der Waals surface area contributed by atoms with Gasteiger partial charge in [0.1, 0.15) is 42.5 Å². The molecular formula is C42H58N10O13P2Si2. The average Bonchev–Trinajstić information content (AvgIpc) is 4.06. The van der Waals surface area contributed by atoms with E-state index in [9.17, 15) is 19.7 Å². The first kappa shape index (κ1) is 51.0. The largest absolute Gasteiger partial charge is 0.475 e. The van der Waals surface area contributed by atoms with Gasteiger partial charge in [-0.1, -0.05) is 59.7 Å². The lowest BCUT2D eigenvalue weighted by atomic mass is 10.1. The molecule has 4 aromatic heterocycles. The van der Waals surface area contributed by atoms with E-state index in [-0.39, 0.29) is 46.2 Å². The average molecular weight is 1030 g/mol. The third kappa shape index (κ3) is 10.1. The van der Waals surface area contributed by atoms with Gasteiger partial charge in [-0.2, -0.15) is 5.26 Å². The van der Waals surface area contributed by atoms with Gasteiger partial charge in [0.25, 0.3) is 11.5 Å². The number of benzene rings is 1. The summed E-state index contributed by atoms with van der Waals surface area (Å²) in [5, 5.41) is 11.5. The SMILES string of the molecule is CC(C)(C)[Si](C)(C)O[C@H]1C(n2cnc3c(=O)[nH]cnc32)OC2COP(=O)(O)[C@@H]3C(COP(=O)(OCCC#N)O[C@H]21)OC(n1cnc2c(NC(=O)c4ccccc4)ncnc21)[C@@H]3O[Si](C)(C)C(C)(C)C. The van der Waals surface area contributed by atoms with Gasteiger partial charge in [-0.15, -0.1) is 0 Å². The Balaban J connectivity index is 1.22. The molecule has 3 aliphatic rings. The molecule has 1 aromatic carbocycles. The minimum atomic E-state index is -4.96. The summed E-state index contributed by atoms with van der Waals surface area (Å²) in [6.07, 6.45) is -3.90. The highest BCUT2D eigenvalue weighted by Gasteiger charge is 2.61. The van der Waals surface area contributed by atoms with E-state index in [2.05, 4.69) is 35.2 Å². The Morgan fingerprint density at radius 2 is 1.46 bits per heavy atom. The molecule has 0 bridgehead atoms. The van der Waals surface area contributed by atoms with E-state index in [0.29, 0.717) is 5.56 Å². The number of phosphoric ester groups is 1. The standard InChI is InChI=1S/C42H58N10O13P2Si2/c1-41(2,3)68(7,8)64-31-30-26(61-39(31)52-24-49-29-36(52)46-22-47-38(29)54)19-59-66(55,56)33-27(20-60-67(57,63-30)58-18-14-17-43)62-40(32(33)65-69(9,10)42(4,5)6)51-23-48-28-34(44-21-45-35(28)51)50-37(53)25-15-12-11-13-16-25/h11-13,15-16,21-24,26-27,30-33,39-40H,14,18-20H2,1-10H3,(H,55,56)(H,46,47,54)(H,44,45,50,53)/t26?,27?,30-,31-,32-,33-,39?,40?,67?/m1/s1. The van der Waals surface area contributed by atoms with Crippen LogP contribution in [0.2, 0.25) is 36.3 Å². The Bertz CT molecular complexity index is 2900. The molecule has 3 N–H and O–H groups in total. The van der Waals surface area contributed by atoms with E-state index in [1.807, 2.05) is 73.8 Å². The molecular weight excluding hydrogens is 971 g/mol. The zero-order chi connectivity index (χ0) is 49.9. The number of nitriles is 1. The predicted molar refractivity (Wildman–Crippen MR) is 254 cm³/mol. The highest BCUT2D eigenvalue weighted by Crippen LogP contribution is 2.61. The molecule has 0 aliphatic carbocycles. The summed E-state index contributed by atoms with van der Waals surface area (Å²) in [6, 6.07) is 10.5. The smallest absolute Gasteiger partial charge is 0.408 e. The number of anilines is 1. The minimum absolute atomic E-state index is 0.00680. The van der Waals surface area contributed by atoms with Gasteiger partial charge in [0, 0.05) is 5.56 Å². The van der Waals surface area contributed by atoms with Crippen LogP contribution in [0.15, 0.2) is 60.4 Å². The quantitative estimate of drug-likeness (QED) is 0.0695. The molecule has 69 heavy (non-hydrogen) atoms. The molecule has 3 aliphatic heterocycles. The van der Waals surface area contributed by atoms with E-state index in [4.69, 9.17) is 36.4 Å². The fourth-order valence-electron chi connectivity index (χ4n) is 7.79. The summed E-state index contributed by atoms with van der Waals surface area (Å²) in [4.78, 5) is 63.0. The summed E-state index contributed by atoms with van der Waals surface area (Å²) in [6.45, 7) is 18.4. The number of aromatic amines is 1. The van der Waals surface area contributed by atoms with Crippen molar-refractivity contribution in [3.63, 3.8) is 0 Å². The summed E-state index contributed by atoms with van der Waals surface area (Å²) in [7, 11) is -15.5. The lowest BCUT2D eigenvalue weighted by Gasteiger charge is -2.41. The third-order valence-electron chi connectivity index (χ3n) is 13.5. The van der Waals surface area contributed by atoms with Crippen LogP contribution >= 0.6 is 15.4 Å². The number of carbonyl (C=O) groups is 1. The summed E-state index contributed by atoms with van der Waals surface area (Å²) in [5.74, 6) is -0.341. The molecule has 6 unspecified atom stereocenters. The first-order valence-corrected chi connectivity index (χ1v) is 31.3. The Labute approximate surface area is 400 Å². The van der Waals surface area contributed by atoms with Crippen LogP contribution < -0.4 is 10.9 Å². The molecule has 7 heterocycles. The number of nitrogens with one attached hydrogen (secondary N) is 2. The van der Waals surface area contributed by atoms with Crippen LogP contribution in [0.1, 0.15) is 70.8 Å². The molecule has 10 atom stereocenters. The number of nitrogens with zero attached hydrogens (tertiary/aromatic N) is 8. The lowest BCUT2D eigenvalue weighted by molar-refractivity contribution is -0.0536. The van der Waals surface area contributed by atoms with E-state index >= 15 is 9.13 Å². The molecule has 0 spiro atoms. The predicted octanol–water partition coefficient (Wildman–Crippen LogP) is 6.81. The van der Waals surface area contributed by atoms with Crippen LogP contribution in [0.25, 0.3) is 22.3 Å². The maximum atomic E-state index is 15.3. The molecule has 0 saturated carbocycles. The molecule has 5 aromatic rings. The van der Waals surface area contributed by atoms with Gasteiger partial charge in [-0.05, 0) is 48.4 Å². The van der Waals surface area contributed by atoms with E-state index in [1.54, 1.807) is 30.3 Å². The molecule has 0 radical (unpaired) electrons. The molecule has 1 amide bonds. The summed E-state index contributed by atoms with van der Waals surface area (Å²) >= 11 is 0. The Morgan fingerprint density at radius 3 is 2.12 bits per heavy atom. The molecule has 8 rings (SSSR count). The van der Waals surface area contributed by atoms with Crippen LogP contribution in [0.4, 0.5) is 5.82 Å². The van der Waals surface area contributed by atoms with Crippen molar-refractivity contribution in [2.24, 2.45) is 0 Å². The first-order chi connectivity index (χ1) is 32.3. The second kappa shape index (κ2) is 19.0. The number of rotatable bonds is 11. The van der Waals surface area contributed by atoms with Gasteiger partial charge in [0.2, 0.25) is 0 Å². The van der Waals surface area contributed by atoms with E-state index in [1.165, 1.54) is 34.4 Å². The molecule has 23 nitrogen and oxygen atoms in total. The number of hydrogen-bond acceptors (Lipinski definition) is 18. The van der Waals surface area contributed by atoms with Crippen LogP contribution in [-0.4, -0.2) is 122 Å². The zero-order valence-corrected chi connectivity index (χ0v) is 43.8. The van der Waals surface area contributed by atoms with Crippen molar-refractivity contribution >= 4 is 66.1 Å². The number of amides is 1. The second-order valence-corrected chi connectivity index (χ2v) is 33.3. The van der Waals surface area contributed by atoms with Gasteiger partial charge in [0.05, 0.1) is 51.3 Å². The number of ether oxygens (including phenoxy) is 2. The van der Waals surface area contributed by atoms with Crippen molar-refractivity contribution in [3.05, 3.63) is 71.6 Å². The maximum absolute atomic E-state index is 15.3. The normalized spacial score (nSPS) is 29.3. The number of phosphoric acid groups is 1. The zero-order valence-electron chi connectivity index (χ0n) is 40.0. The van der Waals surface area contributed by atoms with Crippen molar-refractivity contribution in [1.29, 1.82) is 5.26 Å². The Morgan fingerprint density at radius 1 is 0.870 bits per heavy atom. The van der Waals surface area contributed by atoms with Gasteiger partial charge in [0.15, 0.2) is 57.2 Å². The fourth-order valence-corrected chi connectivity index (χ4v) is 13.6. The van der Waals surface area contributed by atoms with Crippen molar-refractivity contribution in [3.8, 4) is 6.07 Å². The number of imidazole rings is 2. The molecule has 3 saturated heterocycles. The highest BCUT2D eigenvalue weighted by molar-refractivity contribution is 7.53. The van der Waals surface area contributed by atoms with Crippen LogP contribution in [0, 0.1) is 11.3 Å². The maximum Gasteiger partial charge on any atom is 0.475 e. The monoisotopic (exact) mass is 1030 g/mol. The van der Waals surface area contributed by atoms with Gasteiger partial charge < -0.3 is 38.0 Å². The van der Waals surface area contributed by atoms with Crippen LogP contribution in [-0.2, 0) is 45.6 Å². The van der Waals surface area contributed by atoms with Crippen molar-refractivity contribution in [2.75, 3.05) is 25.1 Å². The first-order valence-electron chi connectivity index (χ1n) is 22.4. The van der Waals surface area contributed by atoms with Gasteiger partial charge >= 0.3 is 15.4 Å². The lowest BCUT2D eigenvalue weighted by Crippen LogP contribution is -2.49. The van der Waals surface area contributed by atoms with Crippen LogP contribution in [0.3, 0.4) is 0 Å². The second-order valence-electron chi connectivity index (χ2n) is 20.1.